The maximum atomic E-state index is 8.64. The Bertz CT molecular complexity index is 872. The number of nitrogens with one attached hydrogen (secondary N) is 1. The lowest BCUT2D eigenvalue weighted by Gasteiger charge is -2.10. The van der Waals surface area contributed by atoms with Gasteiger partial charge in [0.25, 0.3) is 0 Å². The fourth-order valence-electron chi connectivity index (χ4n) is 2.60. The van der Waals surface area contributed by atoms with Gasteiger partial charge in [-0.15, -0.1) is 0 Å². The lowest BCUT2D eigenvalue weighted by atomic mass is 10.1. The molecule has 0 atom stereocenters. The van der Waals surface area contributed by atoms with Crippen LogP contribution in [0.15, 0.2) is 65.1 Å². The minimum absolute atomic E-state index is 0.0472. The van der Waals surface area contributed by atoms with E-state index in [1.54, 1.807) is 0 Å². The Balaban J connectivity index is 1.71. The standard InChI is InChI=1S/C20H17BrN2O/c21-20-18-8-6-16(14-23-13-15-4-2-1-3-5-15)12-17(18)7-9-19(20)24-11-10-22/h1-9,12,23H,11,13-14H2. The first kappa shape index (κ1) is 16.5. The molecule has 0 amide bonds. The fourth-order valence-corrected chi connectivity index (χ4v) is 3.21. The Kier molecular flexibility index (Phi) is 5.47. The predicted molar refractivity (Wildman–Crippen MR) is 99.7 cm³/mol. The molecule has 3 nitrogen and oxygen atoms in total. The summed E-state index contributed by atoms with van der Waals surface area (Å²) >= 11 is 3.57. The third kappa shape index (κ3) is 3.94. The van der Waals surface area contributed by atoms with Crippen molar-refractivity contribution < 1.29 is 4.74 Å². The molecule has 0 saturated carbocycles. The molecule has 0 bridgehead atoms. The van der Waals surface area contributed by atoms with Crippen LogP contribution >= 0.6 is 15.9 Å². The van der Waals surface area contributed by atoms with E-state index in [0.29, 0.717) is 5.75 Å². The Labute approximate surface area is 150 Å². The smallest absolute Gasteiger partial charge is 0.174 e. The van der Waals surface area contributed by atoms with Crippen LogP contribution < -0.4 is 10.1 Å². The Morgan fingerprint density at radius 3 is 2.54 bits per heavy atom. The van der Waals surface area contributed by atoms with Gasteiger partial charge in [-0.2, -0.15) is 5.26 Å². The van der Waals surface area contributed by atoms with Crippen LogP contribution in [-0.4, -0.2) is 6.61 Å². The van der Waals surface area contributed by atoms with E-state index in [1.807, 2.05) is 24.3 Å². The van der Waals surface area contributed by atoms with Gasteiger partial charge >= 0.3 is 0 Å². The zero-order valence-corrected chi connectivity index (χ0v) is 14.7. The van der Waals surface area contributed by atoms with Crippen LogP contribution in [0.1, 0.15) is 11.1 Å². The summed E-state index contributed by atoms with van der Waals surface area (Å²) in [6, 6.07) is 22.6. The largest absolute Gasteiger partial charge is 0.478 e. The van der Waals surface area contributed by atoms with Crippen LogP contribution in [0.2, 0.25) is 0 Å². The SMILES string of the molecule is N#CCOc1ccc2cc(CNCc3ccccc3)ccc2c1Br. The van der Waals surface area contributed by atoms with Gasteiger partial charge in [0.2, 0.25) is 0 Å². The first-order valence-corrected chi connectivity index (χ1v) is 8.53. The topological polar surface area (TPSA) is 45.0 Å². The van der Waals surface area contributed by atoms with Gasteiger partial charge in [0, 0.05) is 13.1 Å². The molecule has 0 aromatic heterocycles. The molecule has 0 unspecified atom stereocenters. The molecule has 24 heavy (non-hydrogen) atoms. The van der Waals surface area contributed by atoms with E-state index in [9.17, 15) is 0 Å². The van der Waals surface area contributed by atoms with Gasteiger partial charge in [-0.05, 0) is 50.0 Å². The number of halogens is 1. The molecule has 3 aromatic carbocycles. The summed E-state index contributed by atoms with van der Waals surface area (Å²) in [6.07, 6.45) is 0. The fraction of sp³-hybridized carbons (Fsp3) is 0.150. The van der Waals surface area contributed by atoms with Gasteiger partial charge in [-0.3, -0.25) is 0 Å². The van der Waals surface area contributed by atoms with E-state index in [4.69, 9.17) is 10.00 Å². The van der Waals surface area contributed by atoms with E-state index in [0.717, 1.165) is 28.3 Å². The number of nitriles is 1. The molecule has 3 rings (SSSR count). The zero-order valence-electron chi connectivity index (χ0n) is 13.1. The van der Waals surface area contributed by atoms with Gasteiger partial charge in [-0.25, -0.2) is 0 Å². The second-order valence-electron chi connectivity index (χ2n) is 5.47. The van der Waals surface area contributed by atoms with Crippen LogP contribution in [0.25, 0.3) is 10.8 Å². The normalized spacial score (nSPS) is 10.5. The quantitative estimate of drug-likeness (QED) is 0.668. The van der Waals surface area contributed by atoms with Crippen molar-refractivity contribution in [3.63, 3.8) is 0 Å². The number of nitrogens with zero attached hydrogens (tertiary/aromatic N) is 1. The van der Waals surface area contributed by atoms with Crippen molar-refractivity contribution in [2.24, 2.45) is 0 Å². The number of benzene rings is 3. The third-order valence-electron chi connectivity index (χ3n) is 3.78. The Morgan fingerprint density at radius 1 is 0.958 bits per heavy atom. The van der Waals surface area contributed by atoms with Crippen molar-refractivity contribution in [3.05, 3.63) is 76.3 Å². The maximum Gasteiger partial charge on any atom is 0.174 e. The lowest BCUT2D eigenvalue weighted by molar-refractivity contribution is 0.366. The molecule has 0 radical (unpaired) electrons. The van der Waals surface area contributed by atoms with E-state index in [-0.39, 0.29) is 6.61 Å². The van der Waals surface area contributed by atoms with E-state index >= 15 is 0 Å². The zero-order chi connectivity index (χ0) is 16.8. The minimum Gasteiger partial charge on any atom is -0.478 e. The molecule has 0 aliphatic rings. The number of ether oxygens (including phenoxy) is 1. The number of rotatable bonds is 6. The summed E-state index contributed by atoms with van der Waals surface area (Å²) in [5.41, 5.74) is 2.51. The highest BCUT2D eigenvalue weighted by Crippen LogP contribution is 2.33. The number of fused-ring (bicyclic) bond motifs is 1. The molecular formula is C20H17BrN2O. The second-order valence-corrected chi connectivity index (χ2v) is 6.26. The Morgan fingerprint density at radius 2 is 1.75 bits per heavy atom. The molecule has 4 heteroatoms. The van der Waals surface area contributed by atoms with Crippen molar-refractivity contribution >= 4 is 26.7 Å². The highest BCUT2D eigenvalue weighted by molar-refractivity contribution is 9.10. The molecule has 0 saturated heterocycles. The van der Waals surface area contributed by atoms with Crippen LogP contribution in [0.3, 0.4) is 0 Å². The molecule has 0 aliphatic heterocycles. The van der Waals surface area contributed by atoms with Crippen molar-refractivity contribution in [1.82, 2.24) is 5.32 Å². The van der Waals surface area contributed by atoms with Crippen LogP contribution in [0, 0.1) is 11.3 Å². The summed E-state index contributed by atoms with van der Waals surface area (Å²) in [4.78, 5) is 0. The molecule has 0 spiro atoms. The van der Waals surface area contributed by atoms with Crippen LogP contribution in [-0.2, 0) is 13.1 Å². The van der Waals surface area contributed by atoms with Gasteiger partial charge in [-0.1, -0.05) is 48.5 Å². The summed E-state index contributed by atoms with van der Waals surface area (Å²) in [6.45, 7) is 1.71. The maximum absolute atomic E-state index is 8.64. The van der Waals surface area contributed by atoms with E-state index in [1.165, 1.54) is 11.1 Å². The molecule has 1 N–H and O–H groups in total. The average molecular weight is 381 g/mol. The molecule has 0 fully saturated rings. The van der Waals surface area contributed by atoms with E-state index in [2.05, 4.69) is 63.7 Å². The third-order valence-corrected chi connectivity index (χ3v) is 4.59. The molecule has 0 heterocycles. The summed E-state index contributed by atoms with van der Waals surface area (Å²) in [5.74, 6) is 0.694. The summed E-state index contributed by atoms with van der Waals surface area (Å²) in [5, 5.41) is 14.3. The van der Waals surface area contributed by atoms with Gasteiger partial charge in [0.05, 0.1) is 4.47 Å². The van der Waals surface area contributed by atoms with Gasteiger partial charge < -0.3 is 10.1 Å². The van der Waals surface area contributed by atoms with Crippen molar-refractivity contribution in [1.29, 1.82) is 5.26 Å². The van der Waals surface area contributed by atoms with Crippen LogP contribution in [0.4, 0.5) is 0 Å². The van der Waals surface area contributed by atoms with E-state index < -0.39 is 0 Å². The molecule has 120 valence electrons. The average Bonchev–Trinajstić information content (AvgIpc) is 2.62. The number of hydrogen-bond acceptors (Lipinski definition) is 3. The molecule has 3 aromatic rings. The summed E-state index contributed by atoms with van der Waals surface area (Å²) < 4.78 is 6.31. The minimum atomic E-state index is 0.0472. The van der Waals surface area contributed by atoms with Crippen LogP contribution in [0.5, 0.6) is 5.75 Å². The molecular weight excluding hydrogens is 364 g/mol. The summed E-state index contributed by atoms with van der Waals surface area (Å²) in [7, 11) is 0. The highest BCUT2D eigenvalue weighted by atomic mass is 79.9. The second kappa shape index (κ2) is 7.96. The van der Waals surface area contributed by atoms with Crippen molar-refractivity contribution in [3.8, 4) is 11.8 Å². The highest BCUT2D eigenvalue weighted by Gasteiger charge is 2.07. The van der Waals surface area contributed by atoms with Gasteiger partial charge in [0.1, 0.15) is 11.8 Å². The predicted octanol–water partition coefficient (Wildman–Crippen LogP) is 4.79. The Hall–Kier alpha value is -2.35. The molecule has 0 aliphatic carbocycles. The van der Waals surface area contributed by atoms with Crippen molar-refractivity contribution in [2.75, 3.05) is 6.61 Å². The number of hydrogen-bond donors (Lipinski definition) is 1. The lowest BCUT2D eigenvalue weighted by Crippen LogP contribution is -2.12. The first-order chi connectivity index (χ1) is 11.8. The van der Waals surface area contributed by atoms with Crippen molar-refractivity contribution in [2.45, 2.75) is 13.1 Å². The first-order valence-electron chi connectivity index (χ1n) is 7.73. The van der Waals surface area contributed by atoms with Gasteiger partial charge in [0.15, 0.2) is 6.61 Å². The monoisotopic (exact) mass is 380 g/mol.